The fourth-order valence-corrected chi connectivity index (χ4v) is 1.65. The number of hydrogen-bond donors (Lipinski definition) is 2. The normalized spacial score (nSPS) is 10.8. The monoisotopic (exact) mass is 215 g/mol. The molecule has 0 aliphatic rings. The van der Waals surface area contributed by atoms with Crippen molar-refractivity contribution in [3.05, 3.63) is 35.9 Å². The highest BCUT2D eigenvalue weighted by atomic mass is 15.2. The van der Waals surface area contributed by atoms with E-state index >= 15 is 0 Å². The van der Waals surface area contributed by atoms with Gasteiger partial charge in [0.2, 0.25) is 0 Å². The van der Waals surface area contributed by atoms with Crippen molar-refractivity contribution in [1.82, 2.24) is 10.2 Å². The van der Waals surface area contributed by atoms with Gasteiger partial charge in [-0.15, -0.1) is 0 Å². The molecular formula is C13H17N3. The Morgan fingerprint density at radius 2 is 1.88 bits per heavy atom. The van der Waals surface area contributed by atoms with E-state index < -0.39 is 0 Å². The first-order chi connectivity index (χ1) is 7.70. The summed E-state index contributed by atoms with van der Waals surface area (Å²) in [6, 6.07) is 10.6. The van der Waals surface area contributed by atoms with Crippen LogP contribution in [-0.2, 0) is 0 Å². The van der Waals surface area contributed by atoms with E-state index in [9.17, 15) is 0 Å². The highest BCUT2D eigenvalue weighted by Crippen LogP contribution is 2.22. The minimum Gasteiger partial charge on any atom is -0.372 e. The zero-order valence-electron chi connectivity index (χ0n) is 9.91. The highest BCUT2D eigenvalue weighted by Gasteiger charge is 2.03. The Balaban J connectivity index is 2.27. The standard InChI is InChI=1S/C13H17N3/c1-9(2)10-4-6-11(7-5-10)12-8-13(14-3)16-15-12/h4-9H,1-3H3,(H2,14,15,16). The second kappa shape index (κ2) is 4.39. The summed E-state index contributed by atoms with van der Waals surface area (Å²) in [5.41, 5.74) is 3.56. The van der Waals surface area contributed by atoms with E-state index in [4.69, 9.17) is 0 Å². The summed E-state index contributed by atoms with van der Waals surface area (Å²) < 4.78 is 0. The van der Waals surface area contributed by atoms with Crippen molar-refractivity contribution in [1.29, 1.82) is 0 Å². The maximum atomic E-state index is 4.13. The summed E-state index contributed by atoms with van der Waals surface area (Å²) in [5, 5.41) is 10.1. The predicted octanol–water partition coefficient (Wildman–Crippen LogP) is 3.24. The molecule has 2 aromatic rings. The number of anilines is 1. The largest absolute Gasteiger partial charge is 0.372 e. The second-order valence-electron chi connectivity index (χ2n) is 4.19. The smallest absolute Gasteiger partial charge is 0.148 e. The van der Waals surface area contributed by atoms with E-state index in [1.807, 2.05) is 13.1 Å². The third-order valence-corrected chi connectivity index (χ3v) is 2.72. The lowest BCUT2D eigenvalue weighted by molar-refractivity contribution is 0.867. The van der Waals surface area contributed by atoms with Crippen molar-refractivity contribution < 1.29 is 0 Å². The van der Waals surface area contributed by atoms with Crippen LogP contribution in [0.3, 0.4) is 0 Å². The molecule has 84 valence electrons. The van der Waals surface area contributed by atoms with Gasteiger partial charge in [-0.3, -0.25) is 5.10 Å². The summed E-state index contributed by atoms with van der Waals surface area (Å²) in [4.78, 5) is 0. The molecule has 0 spiro atoms. The van der Waals surface area contributed by atoms with Crippen molar-refractivity contribution in [3.63, 3.8) is 0 Å². The first kappa shape index (κ1) is 10.7. The maximum absolute atomic E-state index is 4.13. The third-order valence-electron chi connectivity index (χ3n) is 2.72. The lowest BCUT2D eigenvalue weighted by atomic mass is 10.0. The first-order valence-corrected chi connectivity index (χ1v) is 5.54. The van der Waals surface area contributed by atoms with Crippen LogP contribution < -0.4 is 5.32 Å². The van der Waals surface area contributed by atoms with Crippen molar-refractivity contribution in [2.45, 2.75) is 19.8 Å². The van der Waals surface area contributed by atoms with Crippen molar-refractivity contribution in [3.8, 4) is 11.3 Å². The van der Waals surface area contributed by atoms with Gasteiger partial charge >= 0.3 is 0 Å². The maximum Gasteiger partial charge on any atom is 0.148 e. The van der Waals surface area contributed by atoms with Crippen molar-refractivity contribution in [2.75, 3.05) is 12.4 Å². The molecule has 0 unspecified atom stereocenters. The number of benzene rings is 1. The summed E-state index contributed by atoms with van der Waals surface area (Å²) in [7, 11) is 1.86. The molecule has 16 heavy (non-hydrogen) atoms. The Hall–Kier alpha value is -1.77. The SMILES string of the molecule is CNc1cc(-c2ccc(C(C)C)cc2)[nH]n1. The molecule has 0 atom stereocenters. The van der Waals surface area contributed by atoms with Gasteiger partial charge in [0.05, 0.1) is 5.69 Å². The highest BCUT2D eigenvalue weighted by molar-refractivity contribution is 5.62. The molecule has 2 N–H and O–H groups in total. The van der Waals surface area contributed by atoms with Crippen LogP contribution >= 0.6 is 0 Å². The van der Waals surface area contributed by atoms with E-state index in [0.29, 0.717) is 5.92 Å². The van der Waals surface area contributed by atoms with E-state index in [1.165, 1.54) is 11.1 Å². The molecule has 1 heterocycles. The average Bonchev–Trinajstić information content (AvgIpc) is 2.77. The van der Waals surface area contributed by atoms with Crippen LogP contribution in [0.1, 0.15) is 25.3 Å². The van der Waals surface area contributed by atoms with Gasteiger partial charge in [-0.2, -0.15) is 5.10 Å². The molecule has 3 nitrogen and oxygen atoms in total. The molecule has 0 fully saturated rings. The molecule has 0 radical (unpaired) electrons. The minimum absolute atomic E-state index is 0.573. The molecule has 0 saturated heterocycles. The lowest BCUT2D eigenvalue weighted by Gasteiger charge is -2.05. The molecule has 1 aromatic carbocycles. The summed E-state index contributed by atoms with van der Waals surface area (Å²) in [5.74, 6) is 1.44. The van der Waals surface area contributed by atoms with E-state index in [1.54, 1.807) is 0 Å². The van der Waals surface area contributed by atoms with Crippen LogP contribution in [-0.4, -0.2) is 17.2 Å². The van der Waals surface area contributed by atoms with Gasteiger partial charge < -0.3 is 5.32 Å². The van der Waals surface area contributed by atoms with Gasteiger partial charge in [-0.05, 0) is 17.0 Å². The summed E-state index contributed by atoms with van der Waals surface area (Å²) >= 11 is 0. The van der Waals surface area contributed by atoms with Crippen molar-refractivity contribution >= 4 is 5.82 Å². The Morgan fingerprint density at radius 3 is 2.38 bits per heavy atom. The molecule has 0 amide bonds. The molecule has 0 aliphatic heterocycles. The number of aromatic amines is 1. The number of H-pyrrole nitrogens is 1. The number of hydrogen-bond acceptors (Lipinski definition) is 2. The van der Waals surface area contributed by atoms with Crippen molar-refractivity contribution in [2.24, 2.45) is 0 Å². The van der Waals surface area contributed by atoms with Crippen LogP contribution in [0.25, 0.3) is 11.3 Å². The van der Waals surface area contributed by atoms with Gasteiger partial charge in [0, 0.05) is 13.1 Å². The quantitative estimate of drug-likeness (QED) is 0.825. The zero-order chi connectivity index (χ0) is 11.5. The Morgan fingerprint density at radius 1 is 1.19 bits per heavy atom. The first-order valence-electron chi connectivity index (χ1n) is 5.54. The van der Waals surface area contributed by atoms with Crippen LogP contribution in [0.5, 0.6) is 0 Å². The van der Waals surface area contributed by atoms with Gasteiger partial charge in [-0.25, -0.2) is 0 Å². The number of aromatic nitrogens is 2. The van der Waals surface area contributed by atoms with Gasteiger partial charge in [0.1, 0.15) is 5.82 Å². The number of nitrogens with one attached hydrogen (secondary N) is 2. The Kier molecular flexibility index (Phi) is 2.95. The van der Waals surface area contributed by atoms with Crippen LogP contribution in [0.15, 0.2) is 30.3 Å². The van der Waals surface area contributed by atoms with Gasteiger partial charge in [0.15, 0.2) is 0 Å². The molecule has 0 aliphatic carbocycles. The molecule has 1 aromatic heterocycles. The Bertz CT molecular complexity index is 454. The zero-order valence-corrected chi connectivity index (χ0v) is 9.91. The predicted molar refractivity (Wildman–Crippen MR) is 67.7 cm³/mol. The van der Waals surface area contributed by atoms with Gasteiger partial charge in [0.25, 0.3) is 0 Å². The molecule has 0 saturated carbocycles. The van der Waals surface area contributed by atoms with Gasteiger partial charge in [-0.1, -0.05) is 38.1 Å². The fraction of sp³-hybridized carbons (Fsp3) is 0.308. The fourth-order valence-electron chi connectivity index (χ4n) is 1.65. The molecule has 3 heteroatoms. The van der Waals surface area contributed by atoms with E-state index in [0.717, 1.165) is 11.5 Å². The molecular weight excluding hydrogens is 198 g/mol. The molecule has 0 bridgehead atoms. The summed E-state index contributed by atoms with van der Waals surface area (Å²) in [6.45, 7) is 4.40. The third kappa shape index (κ3) is 2.08. The lowest BCUT2D eigenvalue weighted by Crippen LogP contribution is -1.86. The topological polar surface area (TPSA) is 40.7 Å². The molecule has 2 rings (SSSR count). The number of nitrogens with zero attached hydrogens (tertiary/aromatic N) is 1. The van der Waals surface area contributed by atoms with E-state index in [2.05, 4.69) is 53.6 Å². The number of rotatable bonds is 3. The summed E-state index contributed by atoms with van der Waals surface area (Å²) in [6.07, 6.45) is 0. The van der Waals surface area contributed by atoms with Crippen LogP contribution in [0, 0.1) is 0 Å². The second-order valence-corrected chi connectivity index (χ2v) is 4.19. The van der Waals surface area contributed by atoms with E-state index in [-0.39, 0.29) is 0 Å². The average molecular weight is 215 g/mol. The van der Waals surface area contributed by atoms with Crippen LogP contribution in [0.2, 0.25) is 0 Å². The minimum atomic E-state index is 0.573. The van der Waals surface area contributed by atoms with Crippen LogP contribution in [0.4, 0.5) is 5.82 Å². The Labute approximate surface area is 95.9 Å².